The normalized spacial score (nSPS) is 10.4. The topological polar surface area (TPSA) is 55.1 Å². The van der Waals surface area contributed by atoms with Crippen LogP contribution in [-0.2, 0) is 0 Å². The van der Waals surface area contributed by atoms with Crippen molar-refractivity contribution in [3.63, 3.8) is 0 Å². The Morgan fingerprint density at radius 1 is 1.38 bits per heavy atom. The van der Waals surface area contributed by atoms with Gasteiger partial charge in [0.15, 0.2) is 0 Å². The van der Waals surface area contributed by atoms with Crippen LogP contribution in [0.5, 0.6) is 0 Å². The maximum absolute atomic E-state index is 10.8. The van der Waals surface area contributed by atoms with Crippen molar-refractivity contribution in [3.8, 4) is 5.69 Å². The molecule has 2 rings (SSSR count). The summed E-state index contributed by atoms with van der Waals surface area (Å²) in [5.41, 5.74) is 0.860. The third-order valence-corrected chi connectivity index (χ3v) is 3.03. The lowest BCUT2D eigenvalue weighted by Crippen LogP contribution is -1.99. The van der Waals surface area contributed by atoms with E-state index >= 15 is 0 Å². The van der Waals surface area contributed by atoms with Crippen LogP contribution in [0.3, 0.4) is 0 Å². The van der Waals surface area contributed by atoms with Gasteiger partial charge in [-0.25, -0.2) is 9.48 Å². The zero-order chi connectivity index (χ0) is 11.7. The molecule has 0 saturated heterocycles. The minimum Gasteiger partial charge on any atom is -0.478 e. The number of hydrogen-bond donors (Lipinski definition) is 1. The molecule has 1 aromatic carbocycles. The Morgan fingerprint density at radius 2 is 2.00 bits per heavy atom. The molecule has 16 heavy (non-hydrogen) atoms. The number of nitrogens with zero attached hydrogens (tertiary/aromatic N) is 2. The van der Waals surface area contributed by atoms with E-state index in [0.717, 1.165) is 5.69 Å². The Balaban J connectivity index is 2.49. The van der Waals surface area contributed by atoms with E-state index in [0.29, 0.717) is 9.63 Å². The fourth-order valence-corrected chi connectivity index (χ4v) is 1.93. The highest BCUT2D eigenvalue weighted by atomic mass is 79.9. The van der Waals surface area contributed by atoms with Gasteiger partial charge in [-0.1, -0.05) is 11.6 Å². The van der Waals surface area contributed by atoms with Gasteiger partial charge in [-0.05, 0) is 40.2 Å². The van der Waals surface area contributed by atoms with Crippen LogP contribution in [0.1, 0.15) is 10.4 Å². The summed E-state index contributed by atoms with van der Waals surface area (Å²) in [4.78, 5) is 10.8. The van der Waals surface area contributed by atoms with Gasteiger partial charge < -0.3 is 5.11 Å². The quantitative estimate of drug-likeness (QED) is 0.927. The molecule has 0 fully saturated rings. The maximum atomic E-state index is 10.8. The van der Waals surface area contributed by atoms with E-state index in [1.54, 1.807) is 24.3 Å². The van der Waals surface area contributed by atoms with Crippen LogP contribution in [0.15, 0.2) is 35.1 Å². The molecule has 6 heteroatoms. The van der Waals surface area contributed by atoms with E-state index in [9.17, 15) is 4.79 Å². The molecule has 0 spiro atoms. The Kier molecular flexibility index (Phi) is 2.98. The molecule has 0 aliphatic carbocycles. The number of rotatable bonds is 2. The first-order chi connectivity index (χ1) is 7.59. The lowest BCUT2D eigenvalue weighted by atomic mass is 10.3. The SMILES string of the molecule is O=C(O)c1cnn(-c2ccc(Cl)cc2)c1Br. The standard InChI is InChI=1S/C10H6BrClN2O2/c11-9-8(10(15)16)5-13-14(9)7-3-1-6(12)2-4-7/h1-5H,(H,15,16). The van der Waals surface area contributed by atoms with Crippen molar-refractivity contribution in [3.05, 3.63) is 45.7 Å². The second-order valence-corrected chi connectivity index (χ2v) is 4.23. The first kappa shape index (κ1) is 11.2. The monoisotopic (exact) mass is 300 g/mol. The molecule has 0 saturated carbocycles. The Bertz CT molecular complexity index is 536. The first-order valence-electron chi connectivity index (χ1n) is 4.32. The molecule has 0 unspecified atom stereocenters. The molecule has 0 amide bonds. The average molecular weight is 302 g/mol. The van der Waals surface area contributed by atoms with Crippen molar-refractivity contribution in [1.29, 1.82) is 0 Å². The molecular weight excluding hydrogens is 295 g/mol. The number of carboxylic acids is 1. The van der Waals surface area contributed by atoms with E-state index in [4.69, 9.17) is 16.7 Å². The summed E-state index contributed by atoms with van der Waals surface area (Å²) in [6, 6.07) is 6.94. The molecule has 1 aromatic heterocycles. The highest BCUT2D eigenvalue weighted by molar-refractivity contribution is 9.10. The van der Waals surface area contributed by atoms with Crippen molar-refractivity contribution in [2.75, 3.05) is 0 Å². The average Bonchev–Trinajstić information content (AvgIpc) is 2.61. The van der Waals surface area contributed by atoms with Gasteiger partial charge in [0.25, 0.3) is 0 Å². The summed E-state index contributed by atoms with van der Waals surface area (Å²) < 4.78 is 1.89. The van der Waals surface area contributed by atoms with Crippen LogP contribution in [0, 0.1) is 0 Å². The molecule has 0 bridgehead atoms. The number of halogens is 2. The minimum atomic E-state index is -1.02. The highest BCUT2D eigenvalue weighted by Gasteiger charge is 2.14. The Hall–Kier alpha value is -1.33. The fourth-order valence-electron chi connectivity index (χ4n) is 1.24. The summed E-state index contributed by atoms with van der Waals surface area (Å²) in [5.74, 6) is -1.02. The van der Waals surface area contributed by atoms with Gasteiger partial charge in [0.05, 0.1) is 11.9 Å². The summed E-state index contributed by atoms with van der Waals surface area (Å²) in [6.07, 6.45) is 1.29. The van der Waals surface area contributed by atoms with Gasteiger partial charge in [-0.3, -0.25) is 0 Å². The molecule has 1 N–H and O–H groups in total. The molecule has 0 atom stereocenters. The van der Waals surface area contributed by atoms with Gasteiger partial charge in [0.2, 0.25) is 0 Å². The summed E-state index contributed by atoms with van der Waals surface area (Å²) in [6.45, 7) is 0. The number of aromatic nitrogens is 2. The zero-order valence-electron chi connectivity index (χ0n) is 7.89. The molecule has 0 aliphatic heterocycles. The zero-order valence-corrected chi connectivity index (χ0v) is 10.2. The lowest BCUT2D eigenvalue weighted by molar-refractivity contribution is 0.0696. The first-order valence-corrected chi connectivity index (χ1v) is 5.49. The Labute approximate surface area is 105 Å². The van der Waals surface area contributed by atoms with E-state index in [1.165, 1.54) is 10.9 Å². The number of carboxylic acid groups (broad SMARTS) is 1. The van der Waals surface area contributed by atoms with Gasteiger partial charge in [-0.2, -0.15) is 5.10 Å². The van der Waals surface area contributed by atoms with Crippen molar-refractivity contribution < 1.29 is 9.90 Å². The molecule has 2 aromatic rings. The predicted molar refractivity (Wildman–Crippen MR) is 63.2 cm³/mol. The second-order valence-electron chi connectivity index (χ2n) is 3.04. The van der Waals surface area contributed by atoms with Crippen LogP contribution < -0.4 is 0 Å². The predicted octanol–water partition coefficient (Wildman–Crippen LogP) is 2.99. The van der Waals surface area contributed by atoms with Gasteiger partial charge >= 0.3 is 5.97 Å². The van der Waals surface area contributed by atoms with Crippen LogP contribution in [-0.4, -0.2) is 20.9 Å². The van der Waals surface area contributed by atoms with Gasteiger partial charge in [0.1, 0.15) is 10.2 Å². The lowest BCUT2D eigenvalue weighted by Gasteiger charge is -2.02. The van der Waals surface area contributed by atoms with Gasteiger partial charge in [0, 0.05) is 5.02 Å². The van der Waals surface area contributed by atoms with Crippen LogP contribution in [0.2, 0.25) is 5.02 Å². The molecule has 82 valence electrons. The van der Waals surface area contributed by atoms with Crippen LogP contribution >= 0.6 is 27.5 Å². The van der Waals surface area contributed by atoms with Crippen molar-refractivity contribution in [1.82, 2.24) is 9.78 Å². The number of aromatic carboxylic acids is 1. The van der Waals surface area contributed by atoms with Gasteiger partial charge in [-0.15, -0.1) is 0 Å². The number of hydrogen-bond acceptors (Lipinski definition) is 2. The van der Waals surface area contributed by atoms with E-state index < -0.39 is 5.97 Å². The summed E-state index contributed by atoms with van der Waals surface area (Å²) >= 11 is 8.95. The highest BCUT2D eigenvalue weighted by Crippen LogP contribution is 2.21. The number of benzene rings is 1. The third kappa shape index (κ3) is 1.96. The molecule has 1 heterocycles. The molecule has 0 radical (unpaired) electrons. The molecule has 4 nitrogen and oxygen atoms in total. The largest absolute Gasteiger partial charge is 0.478 e. The van der Waals surface area contributed by atoms with Crippen LogP contribution in [0.4, 0.5) is 0 Å². The van der Waals surface area contributed by atoms with Crippen molar-refractivity contribution in [2.24, 2.45) is 0 Å². The van der Waals surface area contributed by atoms with Crippen LogP contribution in [0.25, 0.3) is 5.69 Å². The molecular formula is C10H6BrClN2O2. The summed E-state index contributed by atoms with van der Waals surface area (Å²) in [7, 11) is 0. The van der Waals surface area contributed by atoms with E-state index in [2.05, 4.69) is 21.0 Å². The van der Waals surface area contributed by atoms with Crippen molar-refractivity contribution >= 4 is 33.5 Å². The number of carbonyl (C=O) groups is 1. The van der Waals surface area contributed by atoms with E-state index in [1.807, 2.05) is 0 Å². The third-order valence-electron chi connectivity index (χ3n) is 2.01. The fraction of sp³-hybridized carbons (Fsp3) is 0. The maximum Gasteiger partial charge on any atom is 0.340 e. The van der Waals surface area contributed by atoms with E-state index in [-0.39, 0.29) is 5.56 Å². The second kappa shape index (κ2) is 4.27. The summed E-state index contributed by atoms with van der Waals surface area (Å²) in [5, 5.41) is 13.5. The molecule has 0 aliphatic rings. The smallest absolute Gasteiger partial charge is 0.340 e. The van der Waals surface area contributed by atoms with Crippen molar-refractivity contribution in [2.45, 2.75) is 0 Å². The minimum absolute atomic E-state index is 0.120. The Morgan fingerprint density at radius 3 is 2.50 bits per heavy atom.